The highest BCUT2D eigenvalue weighted by atomic mass is 35.5. The second-order valence-corrected chi connectivity index (χ2v) is 4.14. The number of halogens is 1. The van der Waals surface area contributed by atoms with Gasteiger partial charge in [-0.25, -0.2) is 4.98 Å². The maximum atomic E-state index is 5.83. The van der Waals surface area contributed by atoms with Crippen LogP contribution in [-0.2, 0) is 0 Å². The Hall–Kier alpha value is -1.03. The molecule has 76 valence electrons. The van der Waals surface area contributed by atoms with Gasteiger partial charge in [-0.2, -0.15) is 4.98 Å². The fourth-order valence-electron chi connectivity index (χ4n) is 1.36. The molecule has 0 amide bonds. The van der Waals surface area contributed by atoms with E-state index in [1.165, 1.54) is 6.42 Å². The Labute approximate surface area is 87.9 Å². The van der Waals surface area contributed by atoms with Crippen molar-refractivity contribution in [3.63, 3.8) is 0 Å². The molecule has 1 aromatic rings. The van der Waals surface area contributed by atoms with Crippen molar-refractivity contribution in [3.05, 3.63) is 11.0 Å². The maximum Gasteiger partial charge on any atom is 0.224 e. The Morgan fingerprint density at radius 1 is 1.50 bits per heavy atom. The molecule has 1 saturated carbocycles. The predicted molar refractivity (Wildman–Crippen MR) is 57.4 cm³/mol. The zero-order valence-electron chi connectivity index (χ0n) is 8.21. The van der Waals surface area contributed by atoms with E-state index in [0.29, 0.717) is 23.5 Å². The largest absolute Gasteiger partial charge is 0.394 e. The molecule has 3 N–H and O–H groups in total. The predicted octanol–water partition coefficient (Wildman–Crippen LogP) is 1.84. The highest BCUT2D eigenvalue weighted by Gasteiger charge is 2.33. The summed E-state index contributed by atoms with van der Waals surface area (Å²) in [5, 5.41) is 3.50. The summed E-state index contributed by atoms with van der Waals surface area (Å²) in [6.07, 6.45) is 1.17. The average molecular weight is 213 g/mol. The van der Waals surface area contributed by atoms with Gasteiger partial charge >= 0.3 is 0 Å². The molecule has 0 saturated heterocycles. The number of hydrogen-bond donors (Lipinski definition) is 2. The minimum atomic E-state index is 0.243. The zero-order chi connectivity index (χ0) is 10.3. The highest BCUT2D eigenvalue weighted by molar-refractivity contribution is 6.28. The Kier molecular flexibility index (Phi) is 2.23. The lowest BCUT2D eigenvalue weighted by Gasteiger charge is -2.09. The van der Waals surface area contributed by atoms with Crippen LogP contribution in [0.15, 0.2) is 0 Å². The van der Waals surface area contributed by atoms with E-state index in [-0.39, 0.29) is 5.28 Å². The van der Waals surface area contributed by atoms with Gasteiger partial charge in [0.05, 0.1) is 11.4 Å². The Morgan fingerprint density at radius 3 is 2.71 bits per heavy atom. The molecule has 2 unspecified atom stereocenters. The second-order valence-electron chi connectivity index (χ2n) is 3.80. The standard InChI is InChI=1S/C9H13ClN4/c1-4-3-6(4)13-8-7(11)5(2)12-9(10)14-8/h4,6H,3,11H2,1-2H3,(H,12,13,14). The van der Waals surface area contributed by atoms with Crippen LogP contribution in [0.3, 0.4) is 0 Å². The quantitative estimate of drug-likeness (QED) is 0.735. The molecule has 0 spiro atoms. The van der Waals surface area contributed by atoms with E-state index in [9.17, 15) is 0 Å². The van der Waals surface area contributed by atoms with Gasteiger partial charge in [0.2, 0.25) is 5.28 Å². The smallest absolute Gasteiger partial charge is 0.224 e. The van der Waals surface area contributed by atoms with Gasteiger partial charge in [0.25, 0.3) is 0 Å². The van der Waals surface area contributed by atoms with Crippen LogP contribution in [0.1, 0.15) is 19.0 Å². The summed E-state index contributed by atoms with van der Waals surface area (Å²) in [6, 6.07) is 0.489. The van der Waals surface area contributed by atoms with E-state index in [4.69, 9.17) is 17.3 Å². The molecule has 14 heavy (non-hydrogen) atoms. The summed E-state index contributed by atoms with van der Waals surface area (Å²) in [7, 11) is 0. The van der Waals surface area contributed by atoms with Gasteiger partial charge in [-0.05, 0) is 30.9 Å². The number of nitrogens with zero attached hydrogens (tertiary/aromatic N) is 2. The summed E-state index contributed by atoms with van der Waals surface area (Å²) < 4.78 is 0. The van der Waals surface area contributed by atoms with Gasteiger partial charge in [0.1, 0.15) is 0 Å². The molecule has 4 nitrogen and oxygen atoms in total. The molecular weight excluding hydrogens is 200 g/mol. The Bertz CT molecular complexity index is 366. The maximum absolute atomic E-state index is 5.83. The average Bonchev–Trinajstić information content (AvgIpc) is 2.77. The first-order chi connectivity index (χ1) is 6.58. The van der Waals surface area contributed by atoms with Gasteiger partial charge in [-0.3, -0.25) is 0 Å². The minimum absolute atomic E-state index is 0.243. The first-order valence-corrected chi connectivity index (χ1v) is 5.02. The first kappa shape index (κ1) is 9.52. The lowest BCUT2D eigenvalue weighted by atomic mass is 10.3. The molecule has 1 aromatic heterocycles. The molecule has 1 aliphatic carbocycles. The molecule has 1 aliphatic rings. The van der Waals surface area contributed by atoms with Gasteiger partial charge < -0.3 is 11.1 Å². The topological polar surface area (TPSA) is 63.8 Å². The molecule has 0 aromatic carbocycles. The van der Waals surface area contributed by atoms with E-state index >= 15 is 0 Å². The number of aromatic nitrogens is 2. The first-order valence-electron chi connectivity index (χ1n) is 4.64. The third-order valence-corrected chi connectivity index (χ3v) is 2.71. The number of rotatable bonds is 2. The monoisotopic (exact) mass is 212 g/mol. The van der Waals surface area contributed by atoms with Crippen LogP contribution in [0.25, 0.3) is 0 Å². The van der Waals surface area contributed by atoms with Gasteiger partial charge in [0, 0.05) is 6.04 Å². The van der Waals surface area contributed by atoms with E-state index in [1.54, 1.807) is 0 Å². The van der Waals surface area contributed by atoms with Crippen molar-refractivity contribution in [2.75, 3.05) is 11.1 Å². The van der Waals surface area contributed by atoms with Crippen LogP contribution in [-0.4, -0.2) is 16.0 Å². The number of anilines is 2. The van der Waals surface area contributed by atoms with Gasteiger partial charge in [0.15, 0.2) is 5.82 Å². The third kappa shape index (κ3) is 1.75. The summed E-state index contributed by atoms with van der Waals surface area (Å²) in [4.78, 5) is 8.04. The molecule has 1 heterocycles. The number of nitrogens with two attached hydrogens (primary N) is 1. The summed E-state index contributed by atoms with van der Waals surface area (Å²) >= 11 is 5.74. The molecule has 2 rings (SSSR count). The molecule has 1 fully saturated rings. The van der Waals surface area contributed by atoms with E-state index < -0.39 is 0 Å². The van der Waals surface area contributed by atoms with Crippen molar-refractivity contribution in [1.29, 1.82) is 0 Å². The molecular formula is C9H13ClN4. The SMILES string of the molecule is Cc1nc(Cl)nc(NC2CC2C)c1N. The van der Waals surface area contributed by atoms with E-state index in [1.807, 2.05) is 6.92 Å². The zero-order valence-corrected chi connectivity index (χ0v) is 8.97. The normalized spacial score (nSPS) is 24.8. The van der Waals surface area contributed by atoms with Crippen molar-refractivity contribution in [3.8, 4) is 0 Å². The van der Waals surface area contributed by atoms with Crippen molar-refractivity contribution in [2.24, 2.45) is 5.92 Å². The number of aryl methyl sites for hydroxylation is 1. The van der Waals surface area contributed by atoms with Crippen molar-refractivity contribution in [1.82, 2.24) is 9.97 Å². The van der Waals surface area contributed by atoms with Crippen LogP contribution < -0.4 is 11.1 Å². The fraction of sp³-hybridized carbons (Fsp3) is 0.556. The van der Waals surface area contributed by atoms with Crippen LogP contribution in [0, 0.1) is 12.8 Å². The minimum Gasteiger partial charge on any atom is -0.394 e. The van der Waals surface area contributed by atoms with Gasteiger partial charge in [-0.1, -0.05) is 6.92 Å². The number of hydrogen-bond acceptors (Lipinski definition) is 4. The molecule has 0 radical (unpaired) electrons. The number of nitrogen functional groups attached to an aromatic ring is 1. The van der Waals surface area contributed by atoms with Gasteiger partial charge in [-0.15, -0.1) is 0 Å². The highest BCUT2D eigenvalue weighted by Crippen LogP contribution is 2.34. The third-order valence-electron chi connectivity index (χ3n) is 2.54. The Morgan fingerprint density at radius 2 is 2.14 bits per heavy atom. The van der Waals surface area contributed by atoms with Crippen molar-refractivity contribution in [2.45, 2.75) is 26.3 Å². The molecule has 5 heteroatoms. The molecule has 0 bridgehead atoms. The van der Waals surface area contributed by atoms with Crippen LogP contribution in [0.2, 0.25) is 5.28 Å². The van der Waals surface area contributed by atoms with Crippen LogP contribution >= 0.6 is 11.6 Å². The lowest BCUT2D eigenvalue weighted by Crippen LogP contribution is -2.10. The lowest BCUT2D eigenvalue weighted by molar-refractivity contribution is 0.921. The Balaban J connectivity index is 2.23. The van der Waals surface area contributed by atoms with Crippen LogP contribution in [0.4, 0.5) is 11.5 Å². The summed E-state index contributed by atoms with van der Waals surface area (Å²) in [5.74, 6) is 1.36. The summed E-state index contributed by atoms with van der Waals surface area (Å²) in [6.45, 7) is 4.01. The fourth-order valence-corrected chi connectivity index (χ4v) is 1.57. The number of nitrogens with one attached hydrogen (secondary N) is 1. The van der Waals surface area contributed by atoms with E-state index in [0.717, 1.165) is 5.69 Å². The second kappa shape index (κ2) is 3.28. The van der Waals surface area contributed by atoms with E-state index in [2.05, 4.69) is 22.2 Å². The molecule has 2 atom stereocenters. The summed E-state index contributed by atoms with van der Waals surface area (Å²) in [5.41, 5.74) is 7.14. The van der Waals surface area contributed by atoms with Crippen LogP contribution in [0.5, 0.6) is 0 Å². The van der Waals surface area contributed by atoms with Crippen molar-refractivity contribution >= 4 is 23.1 Å². The molecule has 0 aliphatic heterocycles. The van der Waals surface area contributed by atoms with Crippen molar-refractivity contribution < 1.29 is 0 Å².